The highest BCUT2D eigenvalue weighted by Gasteiger charge is 2.19. The minimum atomic E-state index is -0.253. The predicted molar refractivity (Wildman–Crippen MR) is 120 cm³/mol. The van der Waals surface area contributed by atoms with Crippen molar-refractivity contribution >= 4 is 27.8 Å². The number of benzene rings is 2. The van der Waals surface area contributed by atoms with Gasteiger partial charge in [-0.3, -0.25) is 14.9 Å². The molecule has 0 aliphatic heterocycles. The lowest BCUT2D eigenvalue weighted by Crippen LogP contribution is -2.35. The number of amides is 1. The molecule has 5 rings (SSSR count). The van der Waals surface area contributed by atoms with Gasteiger partial charge in [-0.1, -0.05) is 30.3 Å². The Morgan fingerprint density at radius 2 is 1.87 bits per heavy atom. The molecule has 8 nitrogen and oxygen atoms in total. The number of hydrogen-bond donors (Lipinski definition) is 4. The molecule has 0 bridgehead atoms. The number of rotatable bonds is 6. The highest BCUT2D eigenvalue weighted by atomic mass is 16.2. The lowest BCUT2D eigenvalue weighted by atomic mass is 10.1. The number of aromatic nitrogens is 5. The van der Waals surface area contributed by atoms with Crippen molar-refractivity contribution in [3.63, 3.8) is 0 Å². The summed E-state index contributed by atoms with van der Waals surface area (Å²) in [6, 6.07) is 17.4. The van der Waals surface area contributed by atoms with Gasteiger partial charge in [0.15, 0.2) is 5.82 Å². The van der Waals surface area contributed by atoms with Crippen molar-refractivity contribution in [3.8, 4) is 11.3 Å². The van der Waals surface area contributed by atoms with Gasteiger partial charge in [0.05, 0.1) is 22.6 Å². The zero-order chi connectivity index (χ0) is 21.2. The molecule has 154 valence electrons. The Hall–Kier alpha value is -4.04. The summed E-state index contributed by atoms with van der Waals surface area (Å²) >= 11 is 0. The van der Waals surface area contributed by atoms with E-state index in [1.807, 2.05) is 61.6 Å². The number of carbonyl (C=O) groups excluding carboxylic acids is 1. The average Bonchev–Trinajstić information content (AvgIpc) is 3.42. The van der Waals surface area contributed by atoms with Gasteiger partial charge < -0.3 is 15.6 Å². The Bertz CT molecular complexity index is 1340. The Kier molecular flexibility index (Phi) is 4.89. The summed E-state index contributed by atoms with van der Waals surface area (Å²) < 4.78 is 0. The molecule has 5 aromatic rings. The molecule has 2 aromatic carbocycles. The van der Waals surface area contributed by atoms with Gasteiger partial charge in [0.2, 0.25) is 0 Å². The van der Waals surface area contributed by atoms with Crippen LogP contribution >= 0.6 is 0 Å². The van der Waals surface area contributed by atoms with Gasteiger partial charge in [-0.2, -0.15) is 5.10 Å². The van der Waals surface area contributed by atoms with Crippen molar-refractivity contribution in [1.29, 1.82) is 0 Å². The molecule has 1 atom stereocenters. The number of nitrogens with zero attached hydrogens (tertiary/aromatic N) is 3. The van der Waals surface area contributed by atoms with E-state index in [-0.39, 0.29) is 17.8 Å². The number of hydrogen-bond acceptors (Lipinski definition) is 5. The van der Waals surface area contributed by atoms with Gasteiger partial charge in [0.1, 0.15) is 5.69 Å². The van der Waals surface area contributed by atoms with Crippen molar-refractivity contribution in [2.45, 2.75) is 6.04 Å². The maximum Gasteiger partial charge on any atom is 0.287 e. The van der Waals surface area contributed by atoms with Gasteiger partial charge >= 0.3 is 0 Å². The largest absolute Gasteiger partial charge is 0.341 e. The Morgan fingerprint density at radius 1 is 1.06 bits per heavy atom. The highest BCUT2D eigenvalue weighted by Crippen LogP contribution is 2.28. The second kappa shape index (κ2) is 8.00. The second-order valence-electron chi connectivity index (χ2n) is 7.30. The molecule has 1 amide bonds. The maximum atomic E-state index is 12.9. The average molecular weight is 411 g/mol. The minimum absolute atomic E-state index is 0.163. The maximum absolute atomic E-state index is 12.9. The molecule has 3 aromatic heterocycles. The summed E-state index contributed by atoms with van der Waals surface area (Å²) in [4.78, 5) is 24.7. The number of pyridine rings is 1. The first kappa shape index (κ1) is 19.0. The molecule has 1 unspecified atom stereocenters. The molecule has 3 heterocycles. The van der Waals surface area contributed by atoms with E-state index in [2.05, 4.69) is 35.8 Å². The fourth-order valence-electron chi connectivity index (χ4n) is 3.73. The summed E-state index contributed by atoms with van der Waals surface area (Å²) in [5, 5.41) is 14.6. The number of imidazole rings is 1. The zero-order valence-corrected chi connectivity index (χ0v) is 16.9. The van der Waals surface area contributed by atoms with E-state index >= 15 is 0 Å². The predicted octanol–water partition coefficient (Wildman–Crippen LogP) is 3.19. The van der Waals surface area contributed by atoms with Crippen LogP contribution in [-0.2, 0) is 0 Å². The molecule has 0 saturated heterocycles. The number of aromatic amines is 2. The smallest absolute Gasteiger partial charge is 0.287 e. The van der Waals surface area contributed by atoms with E-state index in [0.717, 1.165) is 33.2 Å². The first-order chi connectivity index (χ1) is 15.2. The SMILES string of the molecule is CNCC(NC(=O)c1nc2cc3c(-c4ccncc4)n[nH]c3cc2[nH]1)c1ccccc1. The molecule has 8 heteroatoms. The summed E-state index contributed by atoms with van der Waals surface area (Å²) in [5.41, 5.74) is 5.17. The van der Waals surface area contributed by atoms with Crippen molar-refractivity contribution < 1.29 is 4.79 Å². The fraction of sp³-hybridized carbons (Fsp3) is 0.130. The molecule has 31 heavy (non-hydrogen) atoms. The van der Waals surface area contributed by atoms with Crippen LogP contribution in [0.5, 0.6) is 0 Å². The van der Waals surface area contributed by atoms with Crippen molar-refractivity contribution in [2.24, 2.45) is 0 Å². The number of likely N-dealkylation sites (N-methyl/N-ethyl adjacent to an activating group) is 1. The van der Waals surface area contributed by atoms with Gasteiger partial charge in [0.25, 0.3) is 5.91 Å². The Labute approximate surface area is 178 Å². The monoisotopic (exact) mass is 411 g/mol. The normalized spacial score (nSPS) is 12.3. The summed E-state index contributed by atoms with van der Waals surface area (Å²) in [6.45, 7) is 0.611. The van der Waals surface area contributed by atoms with Gasteiger partial charge in [-0.25, -0.2) is 4.98 Å². The summed E-state index contributed by atoms with van der Waals surface area (Å²) in [6.07, 6.45) is 3.47. The second-order valence-corrected chi connectivity index (χ2v) is 7.30. The van der Waals surface area contributed by atoms with Crippen LogP contribution in [0.1, 0.15) is 22.2 Å². The zero-order valence-electron chi connectivity index (χ0n) is 16.9. The fourth-order valence-corrected chi connectivity index (χ4v) is 3.73. The third-order valence-corrected chi connectivity index (χ3v) is 5.25. The molecule has 0 fully saturated rings. The molecular formula is C23H21N7O. The quantitative estimate of drug-likeness (QED) is 0.343. The topological polar surface area (TPSA) is 111 Å². The van der Waals surface area contributed by atoms with Gasteiger partial charge in [0, 0.05) is 29.9 Å². The van der Waals surface area contributed by atoms with Crippen LogP contribution in [0.15, 0.2) is 67.0 Å². The van der Waals surface area contributed by atoms with E-state index < -0.39 is 0 Å². The molecule has 0 saturated carbocycles. The van der Waals surface area contributed by atoms with E-state index in [1.54, 1.807) is 12.4 Å². The first-order valence-electron chi connectivity index (χ1n) is 10.0. The highest BCUT2D eigenvalue weighted by molar-refractivity contribution is 6.02. The van der Waals surface area contributed by atoms with Gasteiger partial charge in [-0.05, 0) is 36.9 Å². The van der Waals surface area contributed by atoms with Crippen molar-refractivity contribution in [2.75, 3.05) is 13.6 Å². The van der Waals surface area contributed by atoms with Crippen LogP contribution in [0.2, 0.25) is 0 Å². The van der Waals surface area contributed by atoms with Crippen molar-refractivity contribution in [3.05, 3.63) is 78.4 Å². The standard InChI is InChI=1S/C23H21N7O/c1-24-13-20(14-5-3-2-4-6-14)28-23(31)22-26-18-11-16-17(12-19(18)27-22)29-30-21(16)15-7-9-25-10-8-15/h2-12,20,24H,13H2,1H3,(H,26,27)(H,28,31)(H,29,30). The van der Waals surface area contributed by atoms with Crippen LogP contribution in [-0.4, -0.2) is 44.6 Å². The molecule has 4 N–H and O–H groups in total. The lowest BCUT2D eigenvalue weighted by molar-refractivity contribution is 0.0927. The summed E-state index contributed by atoms with van der Waals surface area (Å²) in [7, 11) is 1.86. The Balaban J connectivity index is 1.47. The molecule has 0 aliphatic carbocycles. The van der Waals surface area contributed by atoms with E-state index in [0.29, 0.717) is 12.1 Å². The number of H-pyrrole nitrogens is 2. The van der Waals surface area contributed by atoms with Crippen LogP contribution in [0, 0.1) is 0 Å². The van der Waals surface area contributed by atoms with Crippen LogP contribution in [0.4, 0.5) is 0 Å². The third-order valence-electron chi connectivity index (χ3n) is 5.25. The molecule has 0 spiro atoms. The molecule has 0 aliphatic rings. The van der Waals surface area contributed by atoms with E-state index in [4.69, 9.17) is 0 Å². The van der Waals surface area contributed by atoms with Gasteiger partial charge in [-0.15, -0.1) is 0 Å². The number of carbonyl (C=O) groups is 1. The van der Waals surface area contributed by atoms with Crippen molar-refractivity contribution in [1.82, 2.24) is 35.8 Å². The molecule has 0 radical (unpaired) electrons. The van der Waals surface area contributed by atoms with Crippen LogP contribution in [0.25, 0.3) is 33.2 Å². The number of nitrogens with one attached hydrogen (secondary N) is 4. The number of fused-ring (bicyclic) bond motifs is 2. The lowest BCUT2D eigenvalue weighted by Gasteiger charge is -2.18. The van der Waals surface area contributed by atoms with E-state index in [9.17, 15) is 4.79 Å². The molecular weight excluding hydrogens is 390 g/mol. The summed E-state index contributed by atoms with van der Waals surface area (Å²) in [5.74, 6) is 0.0227. The van der Waals surface area contributed by atoms with Crippen LogP contribution < -0.4 is 10.6 Å². The van der Waals surface area contributed by atoms with E-state index in [1.165, 1.54) is 0 Å². The minimum Gasteiger partial charge on any atom is -0.341 e. The first-order valence-corrected chi connectivity index (χ1v) is 10.0. The third kappa shape index (κ3) is 3.64. The van der Waals surface area contributed by atoms with Crippen LogP contribution in [0.3, 0.4) is 0 Å². The Morgan fingerprint density at radius 3 is 2.65 bits per heavy atom.